The third-order valence-corrected chi connectivity index (χ3v) is 4.04. The van der Waals surface area contributed by atoms with Crippen LogP contribution in [0.1, 0.15) is 29.8 Å². The third kappa shape index (κ3) is 3.79. The molecule has 0 bridgehead atoms. The second-order valence-corrected chi connectivity index (χ2v) is 6.29. The van der Waals surface area contributed by atoms with Crippen LogP contribution in [0.2, 0.25) is 0 Å². The Morgan fingerprint density at radius 1 is 1.04 bits per heavy atom. The molecule has 0 aromatic heterocycles. The van der Waals surface area contributed by atoms with Gasteiger partial charge in [-0.15, -0.1) is 0 Å². The topological polar surface area (TPSA) is 71.1 Å². The number of ether oxygens (including phenoxy) is 4. The molecule has 0 spiro atoms. The van der Waals surface area contributed by atoms with Crippen molar-refractivity contribution in [3.8, 4) is 23.0 Å². The molecular weight excluding hydrogens is 348 g/mol. The maximum Gasteiger partial charge on any atom is 0.313 e. The van der Waals surface area contributed by atoms with Crippen LogP contribution in [0.4, 0.5) is 0 Å². The van der Waals surface area contributed by atoms with Crippen LogP contribution in [0.3, 0.4) is 0 Å². The average Bonchev–Trinajstić information content (AvgIpc) is 2.96. The molecule has 0 unspecified atom stereocenters. The van der Waals surface area contributed by atoms with Crippen LogP contribution in [-0.2, 0) is 4.79 Å². The van der Waals surface area contributed by atoms with Crippen LogP contribution in [0.15, 0.2) is 42.2 Å². The minimum atomic E-state index is -0.347. The molecule has 27 heavy (non-hydrogen) atoms. The number of Topliss-reactive ketones (excluding diaryl/α,β-unsaturated/α-hetero) is 1. The minimum Gasteiger partial charge on any atom is -0.493 e. The highest BCUT2D eigenvalue weighted by atomic mass is 16.5. The summed E-state index contributed by atoms with van der Waals surface area (Å²) < 4.78 is 21.4. The van der Waals surface area contributed by atoms with E-state index in [-0.39, 0.29) is 23.4 Å². The normalized spacial score (nSPS) is 14.1. The van der Waals surface area contributed by atoms with Gasteiger partial charge < -0.3 is 18.9 Å². The van der Waals surface area contributed by atoms with Gasteiger partial charge in [0.25, 0.3) is 0 Å². The maximum atomic E-state index is 12.6. The lowest BCUT2D eigenvalue weighted by molar-refractivity contribution is -0.137. The number of hydrogen-bond acceptors (Lipinski definition) is 6. The van der Waals surface area contributed by atoms with Crippen molar-refractivity contribution in [2.75, 3.05) is 14.2 Å². The summed E-state index contributed by atoms with van der Waals surface area (Å²) in [5.74, 6) is 1.21. The Balaban J connectivity index is 1.86. The van der Waals surface area contributed by atoms with Crippen LogP contribution in [-0.4, -0.2) is 26.0 Å². The highest BCUT2D eigenvalue weighted by Crippen LogP contribution is 2.36. The van der Waals surface area contributed by atoms with E-state index < -0.39 is 0 Å². The SMILES string of the molecule is COc1ccc(/C=C2\Oc3cc(OC(=O)C(C)C)ccc3C2=O)cc1OC. The maximum absolute atomic E-state index is 12.6. The van der Waals surface area contributed by atoms with Gasteiger partial charge >= 0.3 is 5.97 Å². The predicted octanol–water partition coefficient (Wildman–Crippen LogP) is 3.88. The fourth-order valence-corrected chi connectivity index (χ4v) is 2.56. The molecule has 1 heterocycles. The molecule has 0 aliphatic carbocycles. The summed E-state index contributed by atoms with van der Waals surface area (Å²) in [6.45, 7) is 3.50. The summed E-state index contributed by atoms with van der Waals surface area (Å²) in [5, 5.41) is 0. The summed E-state index contributed by atoms with van der Waals surface area (Å²) in [5.41, 5.74) is 1.15. The van der Waals surface area contributed by atoms with Gasteiger partial charge in [0.05, 0.1) is 25.7 Å². The zero-order valence-corrected chi connectivity index (χ0v) is 15.6. The van der Waals surface area contributed by atoms with Gasteiger partial charge in [0, 0.05) is 6.07 Å². The first-order chi connectivity index (χ1) is 12.9. The quantitative estimate of drug-likeness (QED) is 0.453. The standard InChI is InChI=1S/C21H20O6/c1-12(2)21(23)26-14-6-7-15-17(11-14)27-19(20(15)22)10-13-5-8-16(24-3)18(9-13)25-4/h5-12H,1-4H3/b19-10-. The van der Waals surface area contributed by atoms with Gasteiger partial charge in [-0.2, -0.15) is 0 Å². The molecule has 6 heteroatoms. The van der Waals surface area contributed by atoms with Crippen LogP contribution in [0.5, 0.6) is 23.0 Å². The molecule has 0 amide bonds. The van der Waals surface area contributed by atoms with Crippen LogP contribution < -0.4 is 18.9 Å². The number of benzene rings is 2. The number of allylic oxidation sites excluding steroid dienone is 1. The second kappa shape index (κ2) is 7.53. The van der Waals surface area contributed by atoms with Crippen molar-refractivity contribution >= 4 is 17.8 Å². The number of carbonyl (C=O) groups excluding carboxylic acids is 2. The number of rotatable bonds is 5. The highest BCUT2D eigenvalue weighted by Gasteiger charge is 2.28. The van der Waals surface area contributed by atoms with Gasteiger partial charge in [-0.05, 0) is 35.9 Å². The lowest BCUT2D eigenvalue weighted by Gasteiger charge is -2.08. The Morgan fingerprint density at radius 2 is 1.78 bits per heavy atom. The molecule has 140 valence electrons. The number of methoxy groups -OCH3 is 2. The van der Waals surface area contributed by atoms with E-state index in [4.69, 9.17) is 18.9 Å². The molecule has 0 saturated heterocycles. The second-order valence-electron chi connectivity index (χ2n) is 6.29. The number of ketones is 1. The van der Waals surface area contributed by atoms with Gasteiger partial charge in [-0.3, -0.25) is 9.59 Å². The van der Waals surface area contributed by atoms with E-state index >= 15 is 0 Å². The van der Waals surface area contributed by atoms with Gasteiger partial charge in [-0.25, -0.2) is 0 Å². The number of esters is 1. The van der Waals surface area contributed by atoms with E-state index in [1.165, 1.54) is 0 Å². The molecule has 0 N–H and O–H groups in total. The summed E-state index contributed by atoms with van der Waals surface area (Å²) in [6.07, 6.45) is 1.63. The van der Waals surface area contributed by atoms with Crippen molar-refractivity contribution in [2.24, 2.45) is 5.92 Å². The van der Waals surface area contributed by atoms with E-state index in [9.17, 15) is 9.59 Å². The zero-order valence-electron chi connectivity index (χ0n) is 15.6. The molecule has 0 fully saturated rings. The number of fused-ring (bicyclic) bond motifs is 1. The van der Waals surface area contributed by atoms with E-state index in [0.717, 1.165) is 5.56 Å². The Morgan fingerprint density at radius 3 is 2.44 bits per heavy atom. The van der Waals surface area contributed by atoms with Gasteiger partial charge in [-0.1, -0.05) is 19.9 Å². The molecule has 0 radical (unpaired) electrons. The van der Waals surface area contributed by atoms with Gasteiger partial charge in [0.1, 0.15) is 11.5 Å². The first-order valence-electron chi connectivity index (χ1n) is 8.45. The lowest BCUT2D eigenvalue weighted by Crippen LogP contribution is -2.14. The summed E-state index contributed by atoms with van der Waals surface area (Å²) in [7, 11) is 3.10. The van der Waals surface area contributed by atoms with Crippen molar-refractivity contribution in [3.05, 3.63) is 53.3 Å². The summed E-state index contributed by atoms with van der Waals surface area (Å²) >= 11 is 0. The fraction of sp³-hybridized carbons (Fsp3) is 0.238. The predicted molar refractivity (Wildman–Crippen MR) is 99.4 cm³/mol. The van der Waals surface area contributed by atoms with E-state index in [2.05, 4.69) is 0 Å². The van der Waals surface area contributed by atoms with Crippen molar-refractivity contribution in [3.63, 3.8) is 0 Å². The van der Waals surface area contributed by atoms with E-state index in [0.29, 0.717) is 28.6 Å². The number of hydrogen-bond donors (Lipinski definition) is 0. The number of carbonyl (C=O) groups is 2. The van der Waals surface area contributed by atoms with Gasteiger partial charge in [0.2, 0.25) is 5.78 Å². The Bertz CT molecular complexity index is 926. The van der Waals surface area contributed by atoms with Crippen LogP contribution in [0, 0.1) is 5.92 Å². The van der Waals surface area contributed by atoms with E-state index in [1.54, 1.807) is 70.5 Å². The zero-order chi connectivity index (χ0) is 19.6. The van der Waals surface area contributed by atoms with Crippen molar-refractivity contribution < 1.29 is 28.5 Å². The third-order valence-electron chi connectivity index (χ3n) is 4.04. The molecule has 0 atom stereocenters. The molecule has 6 nitrogen and oxygen atoms in total. The molecule has 2 aromatic rings. The Hall–Kier alpha value is -3.28. The largest absolute Gasteiger partial charge is 0.493 e. The molecule has 2 aromatic carbocycles. The Kier molecular flexibility index (Phi) is 5.16. The molecular formula is C21H20O6. The minimum absolute atomic E-state index is 0.185. The first-order valence-corrected chi connectivity index (χ1v) is 8.45. The molecule has 1 aliphatic heterocycles. The monoisotopic (exact) mass is 368 g/mol. The van der Waals surface area contributed by atoms with Gasteiger partial charge in [0.15, 0.2) is 17.3 Å². The van der Waals surface area contributed by atoms with Crippen molar-refractivity contribution in [1.82, 2.24) is 0 Å². The average molecular weight is 368 g/mol. The molecule has 1 aliphatic rings. The molecule has 0 saturated carbocycles. The molecule has 3 rings (SSSR count). The summed E-state index contributed by atoms with van der Waals surface area (Å²) in [4.78, 5) is 24.3. The smallest absolute Gasteiger partial charge is 0.313 e. The highest BCUT2D eigenvalue weighted by molar-refractivity contribution is 6.14. The van der Waals surface area contributed by atoms with Crippen LogP contribution in [0.25, 0.3) is 6.08 Å². The van der Waals surface area contributed by atoms with Crippen molar-refractivity contribution in [2.45, 2.75) is 13.8 Å². The Labute approximate surface area is 157 Å². The van der Waals surface area contributed by atoms with Crippen LogP contribution >= 0.6 is 0 Å². The van der Waals surface area contributed by atoms with Crippen molar-refractivity contribution in [1.29, 1.82) is 0 Å². The first kappa shape index (κ1) is 18.5. The summed E-state index contributed by atoms with van der Waals surface area (Å²) in [6, 6.07) is 10.0. The lowest BCUT2D eigenvalue weighted by atomic mass is 10.1. The van der Waals surface area contributed by atoms with E-state index in [1.807, 2.05) is 0 Å². The fourth-order valence-electron chi connectivity index (χ4n) is 2.56.